The zero-order valence-corrected chi connectivity index (χ0v) is 16.2. The van der Waals surface area contributed by atoms with E-state index in [4.69, 9.17) is 18.9 Å². The van der Waals surface area contributed by atoms with Crippen LogP contribution < -0.4 is 14.2 Å². The summed E-state index contributed by atoms with van der Waals surface area (Å²) >= 11 is 0. The van der Waals surface area contributed by atoms with E-state index in [1.807, 2.05) is 18.2 Å². The van der Waals surface area contributed by atoms with Crippen LogP contribution in [0.3, 0.4) is 0 Å². The Kier molecular flexibility index (Phi) is 6.33. The number of morpholine rings is 1. The van der Waals surface area contributed by atoms with Crippen LogP contribution in [0.25, 0.3) is 0 Å². The minimum absolute atomic E-state index is 0.0560. The first-order valence-corrected chi connectivity index (χ1v) is 8.93. The predicted molar refractivity (Wildman–Crippen MR) is 103 cm³/mol. The molecule has 2 aromatic rings. The highest BCUT2D eigenvalue weighted by Crippen LogP contribution is 2.33. The first-order valence-electron chi connectivity index (χ1n) is 8.93. The first-order chi connectivity index (χ1) is 13.5. The maximum atomic E-state index is 11.1. The lowest BCUT2D eigenvalue weighted by Gasteiger charge is -2.33. The fourth-order valence-electron chi connectivity index (χ4n) is 3.34. The summed E-state index contributed by atoms with van der Waals surface area (Å²) in [6, 6.07) is 10.4. The Morgan fingerprint density at radius 1 is 1.07 bits per heavy atom. The summed E-state index contributed by atoms with van der Waals surface area (Å²) in [7, 11) is 4.77. The number of hydrogen-bond acceptors (Lipinski definition) is 7. The Morgan fingerprint density at radius 2 is 1.79 bits per heavy atom. The van der Waals surface area contributed by atoms with Crippen LogP contribution in [0.2, 0.25) is 0 Å². The van der Waals surface area contributed by atoms with Crippen molar-refractivity contribution in [1.29, 1.82) is 0 Å². The van der Waals surface area contributed by atoms with Gasteiger partial charge in [0.15, 0.2) is 11.5 Å². The smallest absolute Gasteiger partial charge is 0.270 e. The number of nitro benzene ring substituents is 1. The summed E-state index contributed by atoms with van der Waals surface area (Å²) in [6.45, 7) is 2.49. The van der Waals surface area contributed by atoms with Gasteiger partial charge in [0.2, 0.25) is 0 Å². The molecule has 0 amide bonds. The topological polar surface area (TPSA) is 83.3 Å². The molecule has 0 aromatic heterocycles. The second-order valence-corrected chi connectivity index (χ2v) is 6.46. The van der Waals surface area contributed by atoms with Crippen molar-refractivity contribution in [3.05, 3.63) is 57.6 Å². The quantitative estimate of drug-likeness (QED) is 0.532. The molecule has 0 N–H and O–H groups in total. The van der Waals surface area contributed by atoms with Crippen molar-refractivity contribution < 1.29 is 23.9 Å². The van der Waals surface area contributed by atoms with E-state index in [-0.39, 0.29) is 11.8 Å². The normalized spacial score (nSPS) is 17.2. The zero-order chi connectivity index (χ0) is 20.1. The van der Waals surface area contributed by atoms with E-state index in [9.17, 15) is 10.1 Å². The van der Waals surface area contributed by atoms with Crippen molar-refractivity contribution >= 4 is 5.69 Å². The first kappa shape index (κ1) is 19.9. The lowest BCUT2D eigenvalue weighted by molar-refractivity contribution is -0.385. The molecule has 8 heteroatoms. The highest BCUT2D eigenvalue weighted by atomic mass is 16.6. The van der Waals surface area contributed by atoms with Gasteiger partial charge < -0.3 is 18.9 Å². The Labute approximate surface area is 163 Å². The molecule has 1 heterocycles. The van der Waals surface area contributed by atoms with Crippen LogP contribution in [0.4, 0.5) is 5.69 Å². The predicted octanol–water partition coefficient (Wildman–Crippen LogP) is 3.19. The van der Waals surface area contributed by atoms with Crippen LogP contribution in [0.5, 0.6) is 17.2 Å². The molecule has 1 aliphatic rings. The Balaban J connectivity index is 1.77. The van der Waals surface area contributed by atoms with Crippen molar-refractivity contribution in [2.45, 2.75) is 12.6 Å². The van der Waals surface area contributed by atoms with E-state index in [1.54, 1.807) is 33.5 Å². The number of rotatable bonds is 7. The molecule has 0 spiro atoms. The molecule has 28 heavy (non-hydrogen) atoms. The third kappa shape index (κ3) is 4.35. The molecule has 150 valence electrons. The third-order valence-electron chi connectivity index (χ3n) is 4.80. The highest BCUT2D eigenvalue weighted by molar-refractivity contribution is 5.45. The monoisotopic (exact) mass is 388 g/mol. The molecule has 0 bridgehead atoms. The number of ether oxygens (including phenoxy) is 4. The molecule has 8 nitrogen and oxygen atoms in total. The van der Waals surface area contributed by atoms with E-state index in [2.05, 4.69) is 4.90 Å². The Hall–Kier alpha value is -2.84. The van der Waals surface area contributed by atoms with Crippen molar-refractivity contribution in [2.75, 3.05) is 41.0 Å². The minimum Gasteiger partial charge on any atom is -0.496 e. The fraction of sp³-hybridized carbons (Fsp3) is 0.400. The molecule has 0 aliphatic carbocycles. The van der Waals surface area contributed by atoms with Gasteiger partial charge in [0.25, 0.3) is 5.69 Å². The Bertz CT molecular complexity index is 841. The van der Waals surface area contributed by atoms with Crippen LogP contribution >= 0.6 is 0 Å². The van der Waals surface area contributed by atoms with Crippen LogP contribution in [0, 0.1) is 10.1 Å². The lowest BCUT2D eigenvalue weighted by Crippen LogP contribution is -2.37. The van der Waals surface area contributed by atoms with Crippen LogP contribution in [-0.4, -0.2) is 50.8 Å². The third-order valence-corrected chi connectivity index (χ3v) is 4.80. The largest absolute Gasteiger partial charge is 0.496 e. The highest BCUT2D eigenvalue weighted by Gasteiger charge is 2.24. The van der Waals surface area contributed by atoms with Crippen molar-refractivity contribution in [3.63, 3.8) is 0 Å². The average Bonchev–Trinajstić information content (AvgIpc) is 2.73. The molecular formula is C20H24N2O6. The number of nitrogens with zero attached hydrogens (tertiary/aromatic N) is 2. The fourth-order valence-corrected chi connectivity index (χ4v) is 3.34. The number of hydrogen-bond donors (Lipinski definition) is 0. The molecule has 0 radical (unpaired) electrons. The number of nitro groups is 1. The summed E-state index contributed by atoms with van der Waals surface area (Å²) in [5.41, 5.74) is 1.83. The summed E-state index contributed by atoms with van der Waals surface area (Å²) in [4.78, 5) is 12.9. The maximum absolute atomic E-state index is 11.1. The van der Waals surface area contributed by atoms with E-state index in [0.29, 0.717) is 36.9 Å². The van der Waals surface area contributed by atoms with E-state index >= 15 is 0 Å². The summed E-state index contributed by atoms with van der Waals surface area (Å²) < 4.78 is 22.0. The molecule has 1 atom stereocenters. The van der Waals surface area contributed by atoms with Gasteiger partial charge in [-0.05, 0) is 23.8 Å². The number of methoxy groups -OCH3 is 3. The summed E-state index contributed by atoms with van der Waals surface area (Å²) in [6.07, 6.45) is -0.127. The average molecular weight is 388 g/mol. The molecule has 3 rings (SSSR count). The Morgan fingerprint density at radius 3 is 2.46 bits per heavy atom. The second kappa shape index (κ2) is 8.90. The van der Waals surface area contributed by atoms with Crippen molar-refractivity contribution in [2.24, 2.45) is 0 Å². The van der Waals surface area contributed by atoms with Crippen LogP contribution in [-0.2, 0) is 11.3 Å². The van der Waals surface area contributed by atoms with Gasteiger partial charge in [0.1, 0.15) is 5.75 Å². The molecule has 1 saturated heterocycles. The summed E-state index contributed by atoms with van der Waals surface area (Å²) in [5, 5.41) is 11.1. The van der Waals surface area contributed by atoms with Gasteiger partial charge >= 0.3 is 0 Å². The minimum atomic E-state index is -0.394. The molecular weight excluding hydrogens is 364 g/mol. The van der Waals surface area contributed by atoms with Gasteiger partial charge in [-0.25, -0.2) is 0 Å². The van der Waals surface area contributed by atoms with Gasteiger partial charge in [-0.2, -0.15) is 0 Å². The molecule has 1 aliphatic heterocycles. The van der Waals surface area contributed by atoms with Crippen molar-refractivity contribution in [1.82, 2.24) is 4.90 Å². The van der Waals surface area contributed by atoms with Gasteiger partial charge in [0, 0.05) is 37.3 Å². The number of benzene rings is 2. The van der Waals surface area contributed by atoms with Gasteiger partial charge in [-0.15, -0.1) is 0 Å². The van der Waals surface area contributed by atoms with Crippen LogP contribution in [0.15, 0.2) is 36.4 Å². The second-order valence-electron chi connectivity index (χ2n) is 6.46. The molecule has 1 fully saturated rings. The molecule has 1 unspecified atom stereocenters. The van der Waals surface area contributed by atoms with Crippen LogP contribution in [0.1, 0.15) is 17.2 Å². The molecule has 0 saturated carbocycles. The van der Waals surface area contributed by atoms with E-state index in [0.717, 1.165) is 17.7 Å². The lowest BCUT2D eigenvalue weighted by atomic mass is 10.1. The van der Waals surface area contributed by atoms with E-state index in [1.165, 1.54) is 6.07 Å². The van der Waals surface area contributed by atoms with Gasteiger partial charge in [-0.3, -0.25) is 15.0 Å². The zero-order valence-electron chi connectivity index (χ0n) is 16.2. The SMILES string of the molecule is COc1ccc([N+](=O)[O-])cc1CN1CCOC(c2ccc(OC)c(OC)c2)C1. The molecule has 2 aromatic carbocycles. The standard InChI is InChI=1S/C20H24N2O6/c1-25-17-7-5-16(22(23)24)10-15(17)12-21-8-9-28-20(13-21)14-4-6-18(26-2)19(11-14)27-3/h4-7,10-11,20H,8-9,12-13H2,1-3H3. The maximum Gasteiger partial charge on any atom is 0.270 e. The van der Waals surface area contributed by atoms with Crippen molar-refractivity contribution in [3.8, 4) is 17.2 Å². The number of non-ortho nitro benzene ring substituents is 1. The summed E-state index contributed by atoms with van der Waals surface area (Å²) in [5.74, 6) is 1.96. The van der Waals surface area contributed by atoms with Gasteiger partial charge in [0.05, 0.1) is 39.0 Å². The van der Waals surface area contributed by atoms with E-state index < -0.39 is 4.92 Å². The van der Waals surface area contributed by atoms with Gasteiger partial charge in [-0.1, -0.05) is 6.07 Å².